The van der Waals surface area contributed by atoms with Crippen molar-refractivity contribution in [2.75, 3.05) is 26.7 Å². The molecule has 0 saturated heterocycles. The van der Waals surface area contributed by atoms with Crippen LogP contribution in [0.25, 0.3) is 0 Å². The molecule has 1 rings (SSSR count). The number of hydrogen-bond acceptors (Lipinski definition) is 3. The maximum atomic E-state index is 3.42. The third-order valence-corrected chi connectivity index (χ3v) is 2.68. The van der Waals surface area contributed by atoms with Crippen LogP contribution in [0.15, 0.2) is 16.8 Å². The van der Waals surface area contributed by atoms with Gasteiger partial charge >= 0.3 is 0 Å². The van der Waals surface area contributed by atoms with Crippen molar-refractivity contribution in [3.63, 3.8) is 0 Å². The molecule has 0 radical (unpaired) electrons. The average molecular weight is 198 g/mol. The predicted molar refractivity (Wildman–Crippen MR) is 59.4 cm³/mol. The number of thiophene rings is 1. The van der Waals surface area contributed by atoms with Crippen molar-refractivity contribution in [1.82, 2.24) is 10.6 Å². The zero-order chi connectivity index (χ0) is 9.36. The van der Waals surface area contributed by atoms with Gasteiger partial charge in [0.25, 0.3) is 0 Å². The maximum Gasteiger partial charge on any atom is -0.000805 e. The maximum absolute atomic E-state index is 3.42. The Bertz CT molecular complexity index is 197. The molecule has 13 heavy (non-hydrogen) atoms. The van der Waals surface area contributed by atoms with E-state index in [1.54, 1.807) is 11.3 Å². The first-order valence-corrected chi connectivity index (χ1v) is 5.74. The summed E-state index contributed by atoms with van der Waals surface area (Å²) in [5.41, 5.74) is 1.45. The van der Waals surface area contributed by atoms with Gasteiger partial charge in [0.05, 0.1) is 0 Å². The van der Waals surface area contributed by atoms with E-state index in [-0.39, 0.29) is 0 Å². The monoisotopic (exact) mass is 198 g/mol. The van der Waals surface area contributed by atoms with Gasteiger partial charge in [0.15, 0.2) is 0 Å². The van der Waals surface area contributed by atoms with Gasteiger partial charge in [0.1, 0.15) is 0 Å². The molecule has 2 N–H and O–H groups in total. The minimum absolute atomic E-state index is 1.10. The van der Waals surface area contributed by atoms with Gasteiger partial charge in [-0.05, 0) is 61.9 Å². The van der Waals surface area contributed by atoms with Crippen LogP contribution < -0.4 is 10.6 Å². The van der Waals surface area contributed by atoms with Crippen LogP contribution in [0.2, 0.25) is 0 Å². The molecule has 0 fully saturated rings. The summed E-state index contributed by atoms with van der Waals surface area (Å²) < 4.78 is 0. The summed E-state index contributed by atoms with van der Waals surface area (Å²) in [6.07, 6.45) is 2.36. The Morgan fingerprint density at radius 2 is 2.23 bits per heavy atom. The molecular weight excluding hydrogens is 180 g/mol. The molecule has 0 spiro atoms. The zero-order valence-electron chi connectivity index (χ0n) is 8.18. The molecular formula is C10H18N2S. The normalized spacial score (nSPS) is 10.5. The molecule has 0 aromatic carbocycles. The molecule has 0 aliphatic rings. The summed E-state index contributed by atoms with van der Waals surface area (Å²) in [4.78, 5) is 0. The largest absolute Gasteiger partial charge is 0.320 e. The molecule has 0 aliphatic heterocycles. The van der Waals surface area contributed by atoms with E-state index in [4.69, 9.17) is 0 Å². The van der Waals surface area contributed by atoms with Crippen LogP contribution in [0.3, 0.4) is 0 Å². The van der Waals surface area contributed by atoms with E-state index in [1.807, 2.05) is 7.05 Å². The number of nitrogens with one attached hydrogen (secondary N) is 2. The molecule has 0 bridgehead atoms. The van der Waals surface area contributed by atoms with E-state index < -0.39 is 0 Å². The SMILES string of the molecule is CNCCCNCCc1ccsc1. The molecule has 0 atom stereocenters. The summed E-state index contributed by atoms with van der Waals surface area (Å²) in [6.45, 7) is 3.32. The lowest BCUT2D eigenvalue weighted by Crippen LogP contribution is -2.21. The molecule has 74 valence electrons. The summed E-state index contributed by atoms with van der Waals surface area (Å²) >= 11 is 1.77. The Morgan fingerprint density at radius 3 is 2.92 bits per heavy atom. The third-order valence-electron chi connectivity index (χ3n) is 1.95. The van der Waals surface area contributed by atoms with Gasteiger partial charge in [-0.25, -0.2) is 0 Å². The van der Waals surface area contributed by atoms with Crippen LogP contribution in [0.5, 0.6) is 0 Å². The van der Waals surface area contributed by atoms with E-state index in [0.29, 0.717) is 0 Å². The Balaban J connectivity index is 1.90. The predicted octanol–water partition coefficient (Wildman–Crippen LogP) is 1.49. The van der Waals surface area contributed by atoms with Crippen LogP contribution in [0.4, 0.5) is 0 Å². The van der Waals surface area contributed by atoms with Crippen molar-refractivity contribution >= 4 is 11.3 Å². The van der Waals surface area contributed by atoms with E-state index in [1.165, 1.54) is 12.0 Å². The van der Waals surface area contributed by atoms with Crippen molar-refractivity contribution in [2.24, 2.45) is 0 Å². The van der Waals surface area contributed by atoms with Crippen molar-refractivity contribution in [3.8, 4) is 0 Å². The second-order valence-electron chi connectivity index (χ2n) is 3.09. The summed E-state index contributed by atoms with van der Waals surface area (Å²) in [6, 6.07) is 2.19. The summed E-state index contributed by atoms with van der Waals surface area (Å²) in [7, 11) is 1.99. The third kappa shape index (κ3) is 5.03. The fraction of sp³-hybridized carbons (Fsp3) is 0.600. The van der Waals surface area contributed by atoms with Gasteiger partial charge in [-0.1, -0.05) is 0 Å². The Labute approximate surface area is 84.4 Å². The van der Waals surface area contributed by atoms with Gasteiger partial charge in [0.2, 0.25) is 0 Å². The van der Waals surface area contributed by atoms with Gasteiger partial charge in [0, 0.05) is 0 Å². The van der Waals surface area contributed by atoms with Gasteiger partial charge in [-0.2, -0.15) is 11.3 Å². The fourth-order valence-electron chi connectivity index (χ4n) is 1.18. The van der Waals surface area contributed by atoms with E-state index in [0.717, 1.165) is 26.1 Å². The van der Waals surface area contributed by atoms with Crippen molar-refractivity contribution < 1.29 is 0 Å². The molecule has 1 aromatic rings. The second-order valence-corrected chi connectivity index (χ2v) is 3.87. The minimum atomic E-state index is 1.10. The Morgan fingerprint density at radius 1 is 1.31 bits per heavy atom. The number of rotatable bonds is 7. The Kier molecular flexibility index (Phi) is 5.81. The summed E-state index contributed by atoms with van der Waals surface area (Å²) in [5.74, 6) is 0. The molecule has 2 nitrogen and oxygen atoms in total. The highest BCUT2D eigenvalue weighted by atomic mass is 32.1. The zero-order valence-corrected chi connectivity index (χ0v) is 8.99. The molecule has 1 aromatic heterocycles. The highest BCUT2D eigenvalue weighted by molar-refractivity contribution is 7.07. The topological polar surface area (TPSA) is 24.1 Å². The van der Waals surface area contributed by atoms with Crippen LogP contribution >= 0.6 is 11.3 Å². The molecule has 0 unspecified atom stereocenters. The lowest BCUT2D eigenvalue weighted by atomic mass is 10.2. The Hall–Kier alpha value is -0.380. The standard InChI is InChI=1S/C10H18N2S/c1-11-5-2-6-12-7-3-10-4-8-13-9-10/h4,8-9,11-12H,2-3,5-7H2,1H3. The van der Waals surface area contributed by atoms with E-state index in [9.17, 15) is 0 Å². The van der Waals surface area contributed by atoms with Crippen LogP contribution in [-0.2, 0) is 6.42 Å². The highest BCUT2D eigenvalue weighted by Crippen LogP contribution is 2.05. The first kappa shape index (κ1) is 10.7. The van der Waals surface area contributed by atoms with Gasteiger partial charge < -0.3 is 10.6 Å². The molecule has 0 amide bonds. The number of hydrogen-bond donors (Lipinski definition) is 2. The fourth-order valence-corrected chi connectivity index (χ4v) is 1.89. The van der Waals surface area contributed by atoms with Crippen molar-refractivity contribution in [1.29, 1.82) is 0 Å². The molecule has 1 heterocycles. The van der Waals surface area contributed by atoms with Gasteiger partial charge in [-0.15, -0.1) is 0 Å². The quantitative estimate of drug-likeness (QED) is 0.649. The molecule has 0 saturated carbocycles. The smallest absolute Gasteiger partial charge is 0.000805 e. The summed E-state index contributed by atoms with van der Waals surface area (Å²) in [5, 5.41) is 10.9. The van der Waals surface area contributed by atoms with Gasteiger partial charge in [-0.3, -0.25) is 0 Å². The average Bonchev–Trinajstić information content (AvgIpc) is 2.63. The van der Waals surface area contributed by atoms with Crippen LogP contribution in [-0.4, -0.2) is 26.7 Å². The second kappa shape index (κ2) is 7.06. The minimum Gasteiger partial charge on any atom is -0.320 e. The first-order chi connectivity index (χ1) is 6.43. The lowest BCUT2D eigenvalue weighted by Gasteiger charge is -2.02. The lowest BCUT2D eigenvalue weighted by molar-refractivity contribution is 0.625. The van der Waals surface area contributed by atoms with Crippen LogP contribution in [0.1, 0.15) is 12.0 Å². The van der Waals surface area contributed by atoms with Crippen molar-refractivity contribution in [2.45, 2.75) is 12.8 Å². The van der Waals surface area contributed by atoms with E-state index >= 15 is 0 Å². The van der Waals surface area contributed by atoms with Crippen molar-refractivity contribution in [3.05, 3.63) is 22.4 Å². The molecule has 0 aliphatic carbocycles. The first-order valence-electron chi connectivity index (χ1n) is 4.80. The van der Waals surface area contributed by atoms with E-state index in [2.05, 4.69) is 27.5 Å². The highest BCUT2D eigenvalue weighted by Gasteiger charge is 1.91. The van der Waals surface area contributed by atoms with Crippen LogP contribution in [0, 0.1) is 0 Å². The molecule has 3 heteroatoms.